The number of rotatable bonds is 6. The fourth-order valence-electron chi connectivity index (χ4n) is 3.44. The third-order valence-corrected chi connectivity index (χ3v) is 6.99. The van der Waals surface area contributed by atoms with Gasteiger partial charge in [-0.25, -0.2) is 8.42 Å². The monoisotopic (exact) mass is 338 g/mol. The van der Waals surface area contributed by atoms with Gasteiger partial charge in [-0.3, -0.25) is 4.79 Å². The molecule has 1 amide bonds. The Morgan fingerprint density at radius 2 is 1.76 bits per heavy atom. The zero-order valence-corrected chi connectivity index (χ0v) is 14.1. The molecule has 2 saturated carbocycles. The van der Waals surface area contributed by atoms with Crippen molar-refractivity contribution in [2.24, 2.45) is 11.7 Å². The Hall–Kier alpha value is -0.330. The van der Waals surface area contributed by atoms with E-state index in [0.717, 1.165) is 44.9 Å². The third-order valence-electron chi connectivity index (χ3n) is 4.73. The molecule has 2 unspecified atom stereocenters. The van der Waals surface area contributed by atoms with Crippen LogP contribution in [0.3, 0.4) is 0 Å². The van der Waals surface area contributed by atoms with E-state index >= 15 is 0 Å². The summed E-state index contributed by atoms with van der Waals surface area (Å²) in [4.78, 5) is 11.9. The molecule has 7 heteroatoms. The molecular formula is C14H27ClN2O3S. The Morgan fingerprint density at radius 3 is 2.38 bits per heavy atom. The summed E-state index contributed by atoms with van der Waals surface area (Å²) in [6.45, 7) is 0.589. The van der Waals surface area contributed by atoms with E-state index < -0.39 is 9.84 Å². The van der Waals surface area contributed by atoms with Crippen LogP contribution in [0.1, 0.15) is 51.4 Å². The summed E-state index contributed by atoms with van der Waals surface area (Å²) in [5, 5.41) is 2.75. The standard InChI is InChI=1S/C14H26N2O3S.ClH/c15-10-11-4-3-7-13(11)16-14(17)8-9-20(18,19)12-5-1-2-6-12;/h11-13H,1-10,15H2,(H,16,17);1H. The number of halogens is 1. The second-order valence-corrected chi connectivity index (χ2v) is 8.52. The van der Waals surface area contributed by atoms with Gasteiger partial charge in [0.1, 0.15) is 0 Å². The number of amides is 1. The van der Waals surface area contributed by atoms with Crippen molar-refractivity contribution in [3.8, 4) is 0 Å². The van der Waals surface area contributed by atoms with E-state index in [9.17, 15) is 13.2 Å². The highest BCUT2D eigenvalue weighted by atomic mass is 35.5. The van der Waals surface area contributed by atoms with E-state index in [0.29, 0.717) is 12.5 Å². The molecule has 0 bridgehead atoms. The lowest BCUT2D eigenvalue weighted by atomic mass is 10.0. The van der Waals surface area contributed by atoms with Crippen molar-refractivity contribution in [2.75, 3.05) is 12.3 Å². The highest BCUT2D eigenvalue weighted by molar-refractivity contribution is 7.92. The van der Waals surface area contributed by atoms with Crippen molar-refractivity contribution in [1.29, 1.82) is 0 Å². The molecule has 2 rings (SSSR count). The zero-order valence-electron chi connectivity index (χ0n) is 12.4. The number of carbonyl (C=O) groups is 1. The van der Waals surface area contributed by atoms with Gasteiger partial charge in [0.05, 0.1) is 11.0 Å². The molecule has 0 radical (unpaired) electrons. The fourth-order valence-corrected chi connectivity index (χ4v) is 5.29. The van der Waals surface area contributed by atoms with Crippen LogP contribution in [0, 0.1) is 5.92 Å². The van der Waals surface area contributed by atoms with Crippen LogP contribution in [0.25, 0.3) is 0 Å². The Morgan fingerprint density at radius 1 is 1.10 bits per heavy atom. The van der Waals surface area contributed by atoms with Crippen molar-refractivity contribution in [3.63, 3.8) is 0 Å². The van der Waals surface area contributed by atoms with Crippen molar-refractivity contribution >= 4 is 28.2 Å². The summed E-state index contributed by atoms with van der Waals surface area (Å²) >= 11 is 0. The largest absolute Gasteiger partial charge is 0.353 e. The third kappa shape index (κ3) is 5.11. The molecule has 0 saturated heterocycles. The van der Waals surface area contributed by atoms with Crippen LogP contribution in [0.5, 0.6) is 0 Å². The van der Waals surface area contributed by atoms with Gasteiger partial charge in [0.2, 0.25) is 5.91 Å². The summed E-state index contributed by atoms with van der Waals surface area (Å²) in [5.74, 6) is 0.200. The number of hydrogen-bond donors (Lipinski definition) is 2. The molecule has 0 spiro atoms. The van der Waals surface area contributed by atoms with E-state index in [1.807, 2.05) is 0 Å². The average Bonchev–Trinajstić information content (AvgIpc) is 3.07. The summed E-state index contributed by atoms with van der Waals surface area (Å²) in [7, 11) is -3.09. The van der Waals surface area contributed by atoms with Crippen molar-refractivity contribution in [1.82, 2.24) is 5.32 Å². The number of nitrogens with two attached hydrogens (primary N) is 1. The maximum atomic E-state index is 12.1. The van der Waals surface area contributed by atoms with E-state index in [1.165, 1.54) is 0 Å². The first kappa shape index (κ1) is 18.7. The smallest absolute Gasteiger partial charge is 0.221 e. The Kier molecular flexibility index (Phi) is 7.44. The van der Waals surface area contributed by atoms with Crippen molar-refractivity contribution < 1.29 is 13.2 Å². The summed E-state index contributed by atoms with van der Waals surface area (Å²) in [5.41, 5.74) is 5.68. The van der Waals surface area contributed by atoms with Crippen LogP contribution in [0.2, 0.25) is 0 Å². The number of sulfone groups is 1. The predicted octanol–water partition coefficient (Wildman–Crippen LogP) is 1.40. The van der Waals surface area contributed by atoms with Gasteiger partial charge >= 0.3 is 0 Å². The van der Waals surface area contributed by atoms with Crippen LogP contribution < -0.4 is 11.1 Å². The molecule has 3 N–H and O–H groups in total. The Labute approximate surface area is 133 Å². The van der Waals surface area contributed by atoms with Crippen molar-refractivity contribution in [2.45, 2.75) is 62.7 Å². The summed E-state index contributed by atoms with van der Waals surface area (Å²) in [6.07, 6.45) is 6.72. The lowest BCUT2D eigenvalue weighted by Crippen LogP contribution is -2.40. The highest BCUT2D eigenvalue weighted by Crippen LogP contribution is 2.26. The minimum atomic E-state index is -3.09. The highest BCUT2D eigenvalue weighted by Gasteiger charge is 2.30. The molecule has 0 heterocycles. The van der Waals surface area contributed by atoms with Gasteiger partial charge in [0.15, 0.2) is 9.84 Å². The Bertz CT molecular complexity index is 436. The topological polar surface area (TPSA) is 89.3 Å². The summed E-state index contributed by atoms with van der Waals surface area (Å²) < 4.78 is 24.2. The molecule has 2 aliphatic rings. The van der Waals surface area contributed by atoms with Gasteiger partial charge in [0, 0.05) is 12.5 Å². The molecule has 0 aromatic heterocycles. The minimum absolute atomic E-state index is 0. The van der Waals surface area contributed by atoms with Crippen LogP contribution in [-0.4, -0.2) is 37.9 Å². The quantitative estimate of drug-likeness (QED) is 0.766. The van der Waals surface area contributed by atoms with Gasteiger partial charge in [0.25, 0.3) is 0 Å². The average molecular weight is 339 g/mol. The molecule has 2 fully saturated rings. The molecule has 0 aliphatic heterocycles. The lowest BCUT2D eigenvalue weighted by molar-refractivity contribution is -0.121. The normalized spacial score (nSPS) is 26.5. The molecule has 0 aromatic rings. The zero-order chi connectivity index (χ0) is 14.6. The first-order valence-corrected chi connectivity index (χ1v) is 9.45. The van der Waals surface area contributed by atoms with E-state index in [-0.39, 0.29) is 41.8 Å². The second-order valence-electron chi connectivity index (χ2n) is 6.12. The van der Waals surface area contributed by atoms with E-state index in [2.05, 4.69) is 5.32 Å². The number of hydrogen-bond acceptors (Lipinski definition) is 4. The van der Waals surface area contributed by atoms with Crippen LogP contribution in [0.15, 0.2) is 0 Å². The molecule has 5 nitrogen and oxygen atoms in total. The molecule has 0 aromatic carbocycles. The van der Waals surface area contributed by atoms with Gasteiger partial charge in [-0.05, 0) is 38.1 Å². The van der Waals surface area contributed by atoms with E-state index in [1.54, 1.807) is 0 Å². The first-order chi connectivity index (χ1) is 9.53. The number of nitrogens with one attached hydrogen (secondary N) is 1. The predicted molar refractivity (Wildman–Crippen MR) is 86.2 cm³/mol. The van der Waals surface area contributed by atoms with Gasteiger partial charge in [-0.2, -0.15) is 0 Å². The Balaban J connectivity index is 0.00000220. The molecule has 2 atom stereocenters. The maximum Gasteiger partial charge on any atom is 0.221 e. The SMILES string of the molecule is Cl.NCC1CCCC1NC(=O)CCS(=O)(=O)C1CCCC1. The van der Waals surface area contributed by atoms with Crippen LogP contribution in [0.4, 0.5) is 0 Å². The first-order valence-electron chi connectivity index (χ1n) is 7.74. The van der Waals surface area contributed by atoms with Gasteiger partial charge in [-0.15, -0.1) is 12.4 Å². The van der Waals surface area contributed by atoms with E-state index in [4.69, 9.17) is 5.73 Å². The fraction of sp³-hybridized carbons (Fsp3) is 0.929. The molecular weight excluding hydrogens is 312 g/mol. The summed E-state index contributed by atoms with van der Waals surface area (Å²) in [6, 6.07) is 0.140. The van der Waals surface area contributed by atoms with Crippen molar-refractivity contribution in [3.05, 3.63) is 0 Å². The van der Waals surface area contributed by atoms with Crippen LogP contribution >= 0.6 is 12.4 Å². The second kappa shape index (κ2) is 8.34. The molecule has 21 heavy (non-hydrogen) atoms. The molecule has 2 aliphatic carbocycles. The lowest BCUT2D eigenvalue weighted by Gasteiger charge is -2.19. The maximum absolute atomic E-state index is 12.1. The van der Waals surface area contributed by atoms with Gasteiger partial charge < -0.3 is 11.1 Å². The number of carbonyl (C=O) groups excluding carboxylic acids is 1. The van der Waals surface area contributed by atoms with Crippen LogP contribution in [-0.2, 0) is 14.6 Å². The molecule has 124 valence electrons. The minimum Gasteiger partial charge on any atom is -0.353 e. The van der Waals surface area contributed by atoms with Gasteiger partial charge in [-0.1, -0.05) is 19.3 Å².